The zero-order valence-corrected chi connectivity index (χ0v) is 17.8. The first-order chi connectivity index (χ1) is 13.8. The van der Waals surface area contributed by atoms with E-state index in [0.717, 1.165) is 15.7 Å². The maximum Gasteiger partial charge on any atom is 0.226 e. The molecule has 29 heavy (non-hydrogen) atoms. The van der Waals surface area contributed by atoms with Gasteiger partial charge in [-0.25, -0.2) is 0 Å². The minimum absolute atomic E-state index is 0.0243. The molecule has 0 aromatic heterocycles. The van der Waals surface area contributed by atoms with Crippen LogP contribution in [0.25, 0.3) is 0 Å². The molecule has 0 radical (unpaired) electrons. The van der Waals surface area contributed by atoms with Gasteiger partial charge in [-0.15, -0.1) is 0 Å². The molecule has 2 aromatic carbocycles. The molecule has 0 bridgehead atoms. The summed E-state index contributed by atoms with van der Waals surface area (Å²) >= 11 is 3.35. The average Bonchev–Trinajstić information content (AvgIpc) is 2.96. The molecule has 2 aromatic rings. The highest BCUT2D eigenvalue weighted by Crippen LogP contribution is 2.24. The number of anilines is 2. The molecular weight excluding hydrogens is 436 g/mol. The molecule has 0 saturated carbocycles. The van der Waals surface area contributed by atoms with Gasteiger partial charge in [-0.1, -0.05) is 33.6 Å². The normalized spacial score (nSPS) is 22.9. The monoisotopic (exact) mass is 460 g/mol. The maximum atomic E-state index is 12.3. The van der Waals surface area contributed by atoms with Gasteiger partial charge in [0.1, 0.15) is 6.23 Å². The van der Waals surface area contributed by atoms with Gasteiger partial charge in [0, 0.05) is 33.9 Å². The number of amides is 1. The van der Waals surface area contributed by atoms with Crippen molar-refractivity contribution in [3.63, 3.8) is 0 Å². The number of hydrogen-bond donors (Lipinski definition) is 6. The first-order valence-electron chi connectivity index (χ1n) is 9.30. The number of allylic oxidation sites excluding steroid dienone is 1. The third kappa shape index (κ3) is 5.57. The molecule has 0 spiro atoms. The van der Waals surface area contributed by atoms with Crippen LogP contribution in [0.3, 0.4) is 0 Å². The van der Waals surface area contributed by atoms with E-state index < -0.39 is 18.4 Å². The van der Waals surface area contributed by atoms with Gasteiger partial charge in [0.05, 0.1) is 11.8 Å². The van der Waals surface area contributed by atoms with E-state index in [2.05, 4.69) is 37.4 Å². The number of carbonyl (C=O) groups excluding carboxylic acids is 1. The third-order valence-electron chi connectivity index (χ3n) is 4.78. The fourth-order valence-corrected chi connectivity index (χ4v) is 3.44. The quantitative estimate of drug-likeness (QED) is 0.370. The van der Waals surface area contributed by atoms with E-state index in [1.54, 1.807) is 19.1 Å². The van der Waals surface area contributed by atoms with Gasteiger partial charge < -0.3 is 26.4 Å². The van der Waals surface area contributed by atoms with E-state index in [4.69, 9.17) is 0 Å². The predicted molar refractivity (Wildman–Crippen MR) is 117 cm³/mol. The van der Waals surface area contributed by atoms with E-state index in [9.17, 15) is 15.0 Å². The highest BCUT2D eigenvalue weighted by molar-refractivity contribution is 9.10. The number of aliphatic hydroxyl groups is 2. The minimum atomic E-state index is -1.04. The summed E-state index contributed by atoms with van der Waals surface area (Å²) in [5, 5.41) is 26.6. The van der Waals surface area contributed by atoms with E-state index in [-0.39, 0.29) is 12.3 Å². The van der Waals surface area contributed by atoms with Crippen LogP contribution in [0.2, 0.25) is 0 Å². The lowest BCUT2D eigenvalue weighted by atomic mass is 10.0. The first kappa shape index (κ1) is 21.3. The van der Waals surface area contributed by atoms with Crippen LogP contribution >= 0.6 is 15.9 Å². The van der Waals surface area contributed by atoms with Crippen molar-refractivity contribution >= 4 is 33.2 Å². The first-order valence-corrected chi connectivity index (χ1v) is 10.1. The number of hydrazine groups is 1. The summed E-state index contributed by atoms with van der Waals surface area (Å²) in [7, 11) is 0. The molecule has 1 saturated heterocycles. The standard InChI is InChI=1S/C21H25BrN4O3/c1-12-3-7-16(8-4-12)26-25-13(2)19-20(28)17(24-21(19)29)11-18(27)23-15-9-5-14(22)6-10-15/h3-10,17,20-21,24-26,28-29H,11H2,1-2H3,(H,23,27)/b19-13-. The zero-order chi connectivity index (χ0) is 21.0. The topological polar surface area (TPSA) is 106 Å². The summed E-state index contributed by atoms with van der Waals surface area (Å²) in [6.07, 6.45) is -2.01. The lowest BCUT2D eigenvalue weighted by molar-refractivity contribution is -0.117. The number of halogens is 1. The van der Waals surface area contributed by atoms with Gasteiger partial charge in [-0.2, -0.15) is 0 Å². The summed E-state index contributed by atoms with van der Waals surface area (Å²) in [6, 6.07) is 14.5. The van der Waals surface area contributed by atoms with E-state index in [1.807, 2.05) is 43.3 Å². The van der Waals surface area contributed by atoms with Crippen LogP contribution in [-0.4, -0.2) is 34.5 Å². The van der Waals surface area contributed by atoms with Crippen LogP contribution in [0.15, 0.2) is 64.3 Å². The predicted octanol–water partition coefficient (Wildman–Crippen LogP) is 2.63. The second-order valence-electron chi connectivity index (χ2n) is 7.08. The fraction of sp³-hybridized carbons (Fsp3) is 0.286. The third-order valence-corrected chi connectivity index (χ3v) is 5.31. The molecule has 1 amide bonds. The number of nitrogens with one attached hydrogen (secondary N) is 4. The molecule has 3 unspecified atom stereocenters. The SMILES string of the molecule is C/C(NNc1ccc(C)cc1)=C1/C(O)NC(CC(=O)Nc2ccc(Br)cc2)C1O. The Morgan fingerprint density at radius 1 is 1.07 bits per heavy atom. The van der Waals surface area contributed by atoms with Crippen LogP contribution in [-0.2, 0) is 4.79 Å². The summed E-state index contributed by atoms with van der Waals surface area (Å²) in [5.41, 5.74) is 9.73. The van der Waals surface area contributed by atoms with Gasteiger partial charge in [-0.3, -0.25) is 10.1 Å². The Balaban J connectivity index is 1.60. The van der Waals surface area contributed by atoms with Gasteiger partial charge in [0.2, 0.25) is 5.91 Å². The number of rotatable bonds is 6. The van der Waals surface area contributed by atoms with Gasteiger partial charge >= 0.3 is 0 Å². The van der Waals surface area contributed by atoms with Crippen molar-refractivity contribution in [3.05, 3.63) is 69.8 Å². The molecule has 1 aliphatic heterocycles. The van der Waals surface area contributed by atoms with Crippen LogP contribution in [0.5, 0.6) is 0 Å². The number of aryl methyl sites for hydroxylation is 1. The number of benzene rings is 2. The molecule has 1 aliphatic rings. The van der Waals surface area contributed by atoms with Crippen LogP contribution in [0.4, 0.5) is 11.4 Å². The second kappa shape index (κ2) is 9.41. The van der Waals surface area contributed by atoms with Crippen molar-refractivity contribution in [1.82, 2.24) is 10.7 Å². The van der Waals surface area contributed by atoms with Gasteiger partial charge in [-0.05, 0) is 50.2 Å². The van der Waals surface area contributed by atoms with Crippen molar-refractivity contribution in [1.29, 1.82) is 0 Å². The Morgan fingerprint density at radius 3 is 2.34 bits per heavy atom. The van der Waals surface area contributed by atoms with Crippen molar-refractivity contribution in [2.24, 2.45) is 0 Å². The highest BCUT2D eigenvalue weighted by atomic mass is 79.9. The molecule has 1 heterocycles. The summed E-state index contributed by atoms with van der Waals surface area (Å²) in [5.74, 6) is -0.249. The molecule has 6 N–H and O–H groups in total. The molecule has 3 atom stereocenters. The van der Waals surface area contributed by atoms with Gasteiger partial charge in [0.15, 0.2) is 0 Å². The van der Waals surface area contributed by atoms with E-state index >= 15 is 0 Å². The Morgan fingerprint density at radius 2 is 1.69 bits per heavy atom. The smallest absolute Gasteiger partial charge is 0.226 e. The lowest BCUT2D eigenvalue weighted by Crippen LogP contribution is -2.36. The molecule has 3 rings (SSSR count). The molecule has 8 heteroatoms. The Kier molecular flexibility index (Phi) is 6.92. The average molecular weight is 461 g/mol. The number of aliphatic hydroxyl groups excluding tert-OH is 2. The minimum Gasteiger partial charge on any atom is -0.387 e. The molecular formula is C21H25BrN4O3. The summed E-state index contributed by atoms with van der Waals surface area (Å²) in [4.78, 5) is 12.3. The van der Waals surface area contributed by atoms with Crippen molar-refractivity contribution in [3.8, 4) is 0 Å². The number of hydrogen-bond acceptors (Lipinski definition) is 6. The van der Waals surface area contributed by atoms with Crippen molar-refractivity contribution in [2.75, 3.05) is 10.7 Å². The number of carbonyl (C=O) groups is 1. The van der Waals surface area contributed by atoms with Crippen molar-refractivity contribution < 1.29 is 15.0 Å². The largest absolute Gasteiger partial charge is 0.387 e. The Bertz CT molecular complexity index is 884. The van der Waals surface area contributed by atoms with Crippen LogP contribution in [0, 0.1) is 6.92 Å². The van der Waals surface area contributed by atoms with Crippen LogP contribution < -0.4 is 21.5 Å². The highest BCUT2D eigenvalue weighted by Gasteiger charge is 2.38. The van der Waals surface area contributed by atoms with Crippen molar-refractivity contribution in [2.45, 2.75) is 38.6 Å². The van der Waals surface area contributed by atoms with E-state index in [1.165, 1.54) is 0 Å². The molecule has 7 nitrogen and oxygen atoms in total. The second-order valence-corrected chi connectivity index (χ2v) is 7.99. The van der Waals surface area contributed by atoms with Gasteiger partial charge in [0.25, 0.3) is 0 Å². The molecule has 1 fully saturated rings. The molecule has 154 valence electrons. The summed E-state index contributed by atoms with van der Waals surface area (Å²) < 4.78 is 0.920. The Hall–Kier alpha value is -2.39. The zero-order valence-electron chi connectivity index (χ0n) is 16.2. The lowest BCUT2D eigenvalue weighted by Gasteiger charge is -2.17. The Labute approximate surface area is 178 Å². The maximum absolute atomic E-state index is 12.3. The summed E-state index contributed by atoms with van der Waals surface area (Å²) in [6.45, 7) is 3.77. The molecule has 0 aliphatic carbocycles. The van der Waals surface area contributed by atoms with E-state index in [0.29, 0.717) is 17.0 Å². The van der Waals surface area contributed by atoms with Crippen LogP contribution in [0.1, 0.15) is 18.9 Å². The fourth-order valence-electron chi connectivity index (χ4n) is 3.18.